The highest BCUT2D eigenvalue weighted by Gasteiger charge is 2.45. The maximum absolute atomic E-state index is 13.1. The van der Waals surface area contributed by atoms with Gasteiger partial charge in [-0.15, -0.1) is 0 Å². The van der Waals surface area contributed by atoms with E-state index in [1.807, 2.05) is 31.2 Å². The fraction of sp³-hybridized carbons (Fsp3) is 0.370. The van der Waals surface area contributed by atoms with Crippen molar-refractivity contribution in [2.45, 2.75) is 38.8 Å². The highest BCUT2D eigenvalue weighted by Crippen LogP contribution is 2.32. The summed E-state index contributed by atoms with van der Waals surface area (Å²) in [5.74, 6) is -1.56. The van der Waals surface area contributed by atoms with Gasteiger partial charge in [-0.3, -0.25) is 34.2 Å². The van der Waals surface area contributed by atoms with Gasteiger partial charge in [0.15, 0.2) is 0 Å². The standard InChI is InChI=1S/C27H30N4O7/c1-16(29-17(2)32)18-6-8-19(9-7-18)38-15-14-37-13-12-28-21-5-3-4-20-24(21)27(36)31(26(20)35)22-10-11-23(33)30-25(22)34/h3-9,16,22,28H,10-15H2,1-2H3,(H,29,32)(H,30,33,34)/t16-,22-/m1/s1. The molecule has 0 saturated carbocycles. The van der Waals surface area contributed by atoms with Gasteiger partial charge in [-0.25, -0.2) is 0 Å². The molecule has 2 heterocycles. The second-order valence-corrected chi connectivity index (χ2v) is 9.05. The number of piperidine rings is 1. The van der Waals surface area contributed by atoms with E-state index in [-0.39, 0.29) is 35.9 Å². The molecule has 3 N–H and O–H groups in total. The second kappa shape index (κ2) is 11.9. The normalized spacial score (nSPS) is 17.6. The van der Waals surface area contributed by atoms with Crippen LogP contribution in [0.5, 0.6) is 5.75 Å². The number of ether oxygens (including phenoxy) is 2. The van der Waals surface area contributed by atoms with Gasteiger partial charge in [0, 0.05) is 25.6 Å². The first-order valence-electron chi connectivity index (χ1n) is 12.4. The summed E-state index contributed by atoms with van der Waals surface area (Å²) >= 11 is 0. The molecule has 38 heavy (non-hydrogen) atoms. The monoisotopic (exact) mass is 522 g/mol. The number of nitrogens with one attached hydrogen (secondary N) is 3. The lowest BCUT2D eigenvalue weighted by atomic mass is 10.0. The van der Waals surface area contributed by atoms with E-state index in [1.54, 1.807) is 18.2 Å². The molecule has 2 aromatic rings. The van der Waals surface area contributed by atoms with Crippen molar-refractivity contribution in [1.82, 2.24) is 15.5 Å². The van der Waals surface area contributed by atoms with Gasteiger partial charge < -0.3 is 20.1 Å². The number of benzene rings is 2. The molecule has 2 aliphatic rings. The number of carbonyl (C=O) groups is 5. The summed E-state index contributed by atoms with van der Waals surface area (Å²) in [6.07, 6.45) is 0.175. The summed E-state index contributed by atoms with van der Waals surface area (Å²) in [5, 5.41) is 8.15. The quantitative estimate of drug-likeness (QED) is 0.299. The molecule has 0 radical (unpaired) electrons. The lowest BCUT2D eigenvalue weighted by Crippen LogP contribution is -2.54. The molecule has 1 fully saturated rings. The molecule has 0 bridgehead atoms. The number of rotatable bonds is 11. The zero-order chi connectivity index (χ0) is 27.2. The van der Waals surface area contributed by atoms with E-state index in [0.29, 0.717) is 37.8 Å². The van der Waals surface area contributed by atoms with E-state index in [2.05, 4.69) is 16.0 Å². The summed E-state index contributed by atoms with van der Waals surface area (Å²) < 4.78 is 11.3. The third-order valence-corrected chi connectivity index (χ3v) is 6.33. The molecular formula is C27H30N4O7. The van der Waals surface area contributed by atoms with Crippen molar-refractivity contribution in [2.75, 3.05) is 31.7 Å². The first-order chi connectivity index (χ1) is 18.3. The smallest absolute Gasteiger partial charge is 0.264 e. The average molecular weight is 523 g/mol. The Bertz CT molecular complexity index is 1240. The number of carbonyl (C=O) groups excluding carboxylic acids is 5. The predicted octanol–water partition coefficient (Wildman–Crippen LogP) is 1.79. The molecule has 4 rings (SSSR count). The Labute approximate surface area is 219 Å². The molecular weight excluding hydrogens is 492 g/mol. The third kappa shape index (κ3) is 6.00. The fourth-order valence-corrected chi connectivity index (χ4v) is 4.48. The summed E-state index contributed by atoms with van der Waals surface area (Å²) in [7, 11) is 0. The molecule has 0 unspecified atom stereocenters. The Hall–Kier alpha value is -4.25. The van der Waals surface area contributed by atoms with Crippen molar-refractivity contribution in [2.24, 2.45) is 0 Å². The minimum absolute atomic E-state index is 0.0685. The van der Waals surface area contributed by atoms with E-state index in [9.17, 15) is 24.0 Å². The zero-order valence-corrected chi connectivity index (χ0v) is 21.2. The molecule has 200 valence electrons. The van der Waals surface area contributed by atoms with Gasteiger partial charge in [-0.1, -0.05) is 18.2 Å². The Morgan fingerprint density at radius 1 is 1.05 bits per heavy atom. The molecule has 11 heteroatoms. The Kier molecular flexibility index (Phi) is 8.37. The average Bonchev–Trinajstić information content (AvgIpc) is 3.14. The van der Waals surface area contributed by atoms with Crippen LogP contribution in [0.25, 0.3) is 0 Å². The van der Waals surface area contributed by atoms with Crippen LogP contribution in [0.15, 0.2) is 42.5 Å². The minimum Gasteiger partial charge on any atom is -0.491 e. The molecule has 0 spiro atoms. The van der Waals surface area contributed by atoms with E-state index < -0.39 is 29.7 Å². The van der Waals surface area contributed by atoms with E-state index >= 15 is 0 Å². The Morgan fingerprint density at radius 3 is 2.53 bits per heavy atom. The van der Waals surface area contributed by atoms with Crippen LogP contribution in [0.4, 0.5) is 5.69 Å². The number of nitrogens with zero attached hydrogens (tertiary/aromatic N) is 1. The van der Waals surface area contributed by atoms with Crippen LogP contribution in [0.1, 0.15) is 59.0 Å². The first kappa shape index (κ1) is 26.8. The van der Waals surface area contributed by atoms with Gasteiger partial charge in [0.25, 0.3) is 11.8 Å². The molecule has 2 aliphatic heterocycles. The fourth-order valence-electron chi connectivity index (χ4n) is 4.48. The third-order valence-electron chi connectivity index (χ3n) is 6.33. The van der Waals surface area contributed by atoms with Crippen LogP contribution in [-0.4, -0.2) is 66.8 Å². The van der Waals surface area contributed by atoms with Crippen molar-refractivity contribution in [3.05, 3.63) is 59.2 Å². The van der Waals surface area contributed by atoms with E-state index in [0.717, 1.165) is 10.5 Å². The van der Waals surface area contributed by atoms with Crippen molar-refractivity contribution in [3.8, 4) is 5.75 Å². The van der Waals surface area contributed by atoms with Crippen LogP contribution in [0.2, 0.25) is 0 Å². The zero-order valence-electron chi connectivity index (χ0n) is 21.2. The SMILES string of the molecule is CC(=O)N[C@H](C)c1ccc(OCCOCCNc2cccc3c2C(=O)N([C@@H]2CCC(=O)NC2=O)C3=O)cc1. The second-order valence-electron chi connectivity index (χ2n) is 9.05. The van der Waals surface area contributed by atoms with Crippen molar-refractivity contribution in [3.63, 3.8) is 0 Å². The maximum Gasteiger partial charge on any atom is 0.264 e. The van der Waals surface area contributed by atoms with E-state index in [4.69, 9.17) is 9.47 Å². The minimum atomic E-state index is -1.01. The molecule has 0 aromatic heterocycles. The molecule has 1 saturated heterocycles. The predicted molar refractivity (Wildman–Crippen MR) is 137 cm³/mol. The topological polar surface area (TPSA) is 143 Å². The van der Waals surface area contributed by atoms with Crippen LogP contribution in [0.3, 0.4) is 0 Å². The number of amides is 5. The lowest BCUT2D eigenvalue weighted by Gasteiger charge is -2.27. The largest absolute Gasteiger partial charge is 0.491 e. The van der Waals surface area contributed by atoms with Gasteiger partial charge in [0.1, 0.15) is 18.4 Å². The Balaban J connectivity index is 1.22. The summed E-state index contributed by atoms with van der Waals surface area (Å²) in [6, 6.07) is 11.3. The maximum atomic E-state index is 13.1. The number of hydrogen-bond donors (Lipinski definition) is 3. The number of imide groups is 2. The Morgan fingerprint density at radius 2 is 1.82 bits per heavy atom. The highest BCUT2D eigenvalue weighted by molar-refractivity contribution is 6.25. The number of fused-ring (bicyclic) bond motifs is 1. The van der Waals surface area contributed by atoms with Crippen molar-refractivity contribution < 1.29 is 33.4 Å². The van der Waals surface area contributed by atoms with Crippen LogP contribution in [0, 0.1) is 0 Å². The van der Waals surface area contributed by atoms with Crippen LogP contribution in [-0.2, 0) is 19.1 Å². The summed E-state index contributed by atoms with van der Waals surface area (Å²) in [5.41, 5.74) is 1.88. The molecule has 11 nitrogen and oxygen atoms in total. The van der Waals surface area contributed by atoms with Crippen molar-refractivity contribution in [1.29, 1.82) is 0 Å². The van der Waals surface area contributed by atoms with Gasteiger partial charge in [0.2, 0.25) is 17.7 Å². The van der Waals surface area contributed by atoms with Crippen LogP contribution >= 0.6 is 0 Å². The first-order valence-corrected chi connectivity index (χ1v) is 12.4. The molecule has 5 amide bonds. The summed E-state index contributed by atoms with van der Waals surface area (Å²) in [6.45, 7) is 4.79. The summed E-state index contributed by atoms with van der Waals surface area (Å²) in [4.78, 5) is 61.8. The lowest BCUT2D eigenvalue weighted by molar-refractivity contribution is -0.136. The van der Waals surface area contributed by atoms with Gasteiger partial charge in [-0.2, -0.15) is 0 Å². The number of anilines is 1. The molecule has 2 atom stereocenters. The molecule has 2 aromatic carbocycles. The van der Waals surface area contributed by atoms with Crippen LogP contribution < -0.4 is 20.7 Å². The molecule has 0 aliphatic carbocycles. The van der Waals surface area contributed by atoms with Crippen molar-refractivity contribution >= 4 is 35.2 Å². The van der Waals surface area contributed by atoms with Gasteiger partial charge in [0.05, 0.1) is 30.4 Å². The number of hydrogen-bond acceptors (Lipinski definition) is 8. The van der Waals surface area contributed by atoms with E-state index in [1.165, 1.54) is 6.92 Å². The highest BCUT2D eigenvalue weighted by atomic mass is 16.5. The van der Waals surface area contributed by atoms with Gasteiger partial charge >= 0.3 is 0 Å². The van der Waals surface area contributed by atoms with Gasteiger partial charge in [-0.05, 0) is 43.2 Å².